The average Bonchev–Trinajstić information content (AvgIpc) is 2.03. The van der Waals surface area contributed by atoms with Crippen LogP contribution in [-0.2, 0) is 0 Å². The second-order valence-electron chi connectivity index (χ2n) is 3.48. The highest BCUT2D eigenvalue weighted by molar-refractivity contribution is 5.46. The van der Waals surface area contributed by atoms with Crippen molar-refractivity contribution in [3.8, 4) is 0 Å². The maximum Gasteiger partial charge on any atom is 0.130 e. The van der Waals surface area contributed by atoms with Crippen LogP contribution in [0.25, 0.3) is 0 Å². The Hall–Kier alpha value is -1.09. The molecule has 0 aliphatic carbocycles. The zero-order valence-electron chi connectivity index (χ0n) is 8.57. The fourth-order valence-electron chi connectivity index (χ4n) is 1.29. The number of aromatic nitrogens is 1. The normalized spacial score (nSPS) is 12.7. The van der Waals surface area contributed by atoms with E-state index in [0.29, 0.717) is 0 Å². The van der Waals surface area contributed by atoms with E-state index in [1.165, 1.54) is 0 Å². The molecular weight excluding hydrogens is 164 g/mol. The van der Waals surface area contributed by atoms with Crippen LogP contribution in [0.15, 0.2) is 12.3 Å². The van der Waals surface area contributed by atoms with Crippen LogP contribution in [-0.4, -0.2) is 24.2 Å². The quantitative estimate of drug-likeness (QED) is 0.749. The number of aryl methyl sites for hydroxylation is 1. The zero-order valence-corrected chi connectivity index (χ0v) is 8.57. The van der Waals surface area contributed by atoms with Gasteiger partial charge in [0, 0.05) is 20.3 Å². The average molecular weight is 180 g/mol. The first-order valence-electron chi connectivity index (χ1n) is 4.34. The lowest BCUT2D eigenvalue weighted by molar-refractivity contribution is 0.199. The molecule has 1 N–H and O–H groups in total. The van der Waals surface area contributed by atoms with Crippen molar-refractivity contribution in [3.63, 3.8) is 0 Å². The third-order valence-electron chi connectivity index (χ3n) is 1.98. The van der Waals surface area contributed by atoms with Crippen LogP contribution >= 0.6 is 0 Å². The number of aliphatic hydroxyl groups is 1. The molecule has 0 aromatic carbocycles. The lowest BCUT2D eigenvalue weighted by Crippen LogP contribution is -2.12. The van der Waals surface area contributed by atoms with Crippen LogP contribution in [0, 0.1) is 6.92 Å². The predicted octanol–water partition coefficient (Wildman–Crippen LogP) is 1.51. The first kappa shape index (κ1) is 9.99. The molecular formula is C10H16N2O. The van der Waals surface area contributed by atoms with Crippen molar-refractivity contribution in [2.45, 2.75) is 20.0 Å². The summed E-state index contributed by atoms with van der Waals surface area (Å²) in [6.45, 7) is 3.74. The first-order valence-corrected chi connectivity index (χ1v) is 4.34. The van der Waals surface area contributed by atoms with Gasteiger partial charge in [-0.05, 0) is 31.0 Å². The van der Waals surface area contributed by atoms with Gasteiger partial charge in [0.05, 0.1) is 6.10 Å². The minimum atomic E-state index is -0.442. The lowest BCUT2D eigenvalue weighted by Gasteiger charge is -2.15. The van der Waals surface area contributed by atoms with E-state index in [9.17, 15) is 5.11 Å². The van der Waals surface area contributed by atoms with E-state index in [-0.39, 0.29) is 0 Å². The van der Waals surface area contributed by atoms with Gasteiger partial charge in [-0.25, -0.2) is 4.98 Å². The monoisotopic (exact) mass is 180 g/mol. The van der Waals surface area contributed by atoms with Gasteiger partial charge in [-0.3, -0.25) is 0 Å². The van der Waals surface area contributed by atoms with Crippen LogP contribution < -0.4 is 4.90 Å². The largest absolute Gasteiger partial charge is 0.389 e. The van der Waals surface area contributed by atoms with E-state index < -0.39 is 6.10 Å². The summed E-state index contributed by atoms with van der Waals surface area (Å²) in [7, 11) is 3.91. The van der Waals surface area contributed by atoms with Crippen molar-refractivity contribution in [1.82, 2.24) is 4.98 Å². The summed E-state index contributed by atoms with van der Waals surface area (Å²) in [6, 6.07) is 1.97. The van der Waals surface area contributed by atoms with E-state index in [1.807, 2.05) is 32.0 Å². The van der Waals surface area contributed by atoms with Gasteiger partial charge in [0.15, 0.2) is 0 Å². The van der Waals surface area contributed by atoms with Gasteiger partial charge in [0.2, 0.25) is 0 Å². The second kappa shape index (κ2) is 3.75. The summed E-state index contributed by atoms with van der Waals surface area (Å²) in [5, 5.41) is 9.32. The molecule has 0 aliphatic rings. The molecule has 0 bridgehead atoms. The fraction of sp³-hybridized carbons (Fsp3) is 0.500. The van der Waals surface area contributed by atoms with Crippen molar-refractivity contribution >= 4 is 5.82 Å². The highest BCUT2D eigenvalue weighted by Crippen LogP contribution is 2.19. The summed E-state index contributed by atoms with van der Waals surface area (Å²) in [5.74, 6) is 0.949. The molecule has 0 aliphatic heterocycles. The van der Waals surface area contributed by atoms with E-state index >= 15 is 0 Å². The number of hydrogen-bond donors (Lipinski definition) is 1. The van der Waals surface area contributed by atoms with Crippen molar-refractivity contribution in [3.05, 3.63) is 23.4 Å². The lowest BCUT2D eigenvalue weighted by atomic mass is 10.1. The van der Waals surface area contributed by atoms with Gasteiger partial charge in [-0.1, -0.05) is 0 Å². The summed E-state index contributed by atoms with van der Waals surface area (Å²) in [5.41, 5.74) is 1.95. The van der Waals surface area contributed by atoms with E-state index in [1.54, 1.807) is 13.1 Å². The molecule has 72 valence electrons. The molecule has 0 saturated heterocycles. The molecule has 13 heavy (non-hydrogen) atoms. The van der Waals surface area contributed by atoms with E-state index in [2.05, 4.69) is 4.98 Å². The van der Waals surface area contributed by atoms with E-state index in [0.717, 1.165) is 16.9 Å². The fourth-order valence-corrected chi connectivity index (χ4v) is 1.29. The van der Waals surface area contributed by atoms with Crippen molar-refractivity contribution < 1.29 is 5.11 Å². The molecule has 1 aromatic rings. The SMILES string of the molecule is Cc1cc([C@H](C)O)cnc1N(C)C. The highest BCUT2D eigenvalue weighted by Gasteiger charge is 2.06. The Morgan fingerprint density at radius 1 is 1.46 bits per heavy atom. The van der Waals surface area contributed by atoms with Crippen molar-refractivity contribution in [1.29, 1.82) is 0 Å². The van der Waals surface area contributed by atoms with Crippen molar-refractivity contribution in [2.24, 2.45) is 0 Å². The molecule has 0 saturated carbocycles. The molecule has 3 heteroatoms. The standard InChI is InChI=1S/C10H16N2O/c1-7-5-9(8(2)13)6-11-10(7)12(3)4/h5-6,8,13H,1-4H3/t8-/m0/s1. The number of pyridine rings is 1. The van der Waals surface area contributed by atoms with Gasteiger partial charge in [-0.2, -0.15) is 0 Å². The topological polar surface area (TPSA) is 36.4 Å². The maximum atomic E-state index is 9.32. The van der Waals surface area contributed by atoms with Gasteiger partial charge in [-0.15, -0.1) is 0 Å². The summed E-state index contributed by atoms with van der Waals surface area (Å²) < 4.78 is 0. The summed E-state index contributed by atoms with van der Waals surface area (Å²) in [6.07, 6.45) is 1.27. The minimum Gasteiger partial charge on any atom is -0.389 e. The Balaban J connectivity index is 3.06. The smallest absolute Gasteiger partial charge is 0.130 e. The molecule has 0 unspecified atom stereocenters. The van der Waals surface area contributed by atoms with Crippen LogP contribution in [0.3, 0.4) is 0 Å². The van der Waals surface area contributed by atoms with Gasteiger partial charge in [0.1, 0.15) is 5.82 Å². The maximum absolute atomic E-state index is 9.32. The number of rotatable bonds is 2. The Kier molecular flexibility index (Phi) is 2.88. The summed E-state index contributed by atoms with van der Waals surface area (Å²) in [4.78, 5) is 6.22. The molecule has 1 aromatic heterocycles. The predicted molar refractivity (Wildman–Crippen MR) is 53.9 cm³/mol. The van der Waals surface area contributed by atoms with Gasteiger partial charge < -0.3 is 10.0 Å². The molecule has 1 rings (SSSR count). The van der Waals surface area contributed by atoms with Gasteiger partial charge >= 0.3 is 0 Å². The number of nitrogens with zero attached hydrogens (tertiary/aromatic N) is 2. The highest BCUT2D eigenvalue weighted by atomic mass is 16.3. The van der Waals surface area contributed by atoms with Crippen LogP contribution in [0.5, 0.6) is 0 Å². The molecule has 1 atom stereocenters. The Morgan fingerprint density at radius 2 is 2.08 bits per heavy atom. The van der Waals surface area contributed by atoms with E-state index in [4.69, 9.17) is 0 Å². The zero-order chi connectivity index (χ0) is 10.0. The Labute approximate surface area is 79.0 Å². The summed E-state index contributed by atoms with van der Waals surface area (Å²) >= 11 is 0. The first-order chi connectivity index (χ1) is 6.02. The molecule has 0 spiro atoms. The van der Waals surface area contributed by atoms with Gasteiger partial charge in [0.25, 0.3) is 0 Å². The number of anilines is 1. The molecule has 0 amide bonds. The third kappa shape index (κ3) is 2.18. The number of hydrogen-bond acceptors (Lipinski definition) is 3. The van der Waals surface area contributed by atoms with Crippen LogP contribution in [0.4, 0.5) is 5.82 Å². The molecule has 3 nitrogen and oxygen atoms in total. The Morgan fingerprint density at radius 3 is 2.46 bits per heavy atom. The second-order valence-corrected chi connectivity index (χ2v) is 3.48. The third-order valence-corrected chi connectivity index (χ3v) is 1.98. The van der Waals surface area contributed by atoms with Crippen molar-refractivity contribution in [2.75, 3.05) is 19.0 Å². The minimum absolute atomic E-state index is 0.442. The molecule has 0 fully saturated rings. The Bertz CT molecular complexity index is 295. The van der Waals surface area contributed by atoms with Crippen LogP contribution in [0.2, 0.25) is 0 Å². The molecule has 1 heterocycles. The molecule has 0 radical (unpaired) electrons. The van der Waals surface area contributed by atoms with Crippen LogP contribution in [0.1, 0.15) is 24.2 Å². The number of aliphatic hydroxyl groups excluding tert-OH is 1.